The van der Waals surface area contributed by atoms with Crippen LogP contribution in [0.15, 0.2) is 29.3 Å². The lowest BCUT2D eigenvalue weighted by Crippen LogP contribution is -2.29. The Morgan fingerprint density at radius 1 is 1.23 bits per heavy atom. The van der Waals surface area contributed by atoms with E-state index in [1.54, 1.807) is 0 Å². The topological polar surface area (TPSA) is 196 Å². The molecule has 164 valence electrons. The molecule has 0 bridgehead atoms. The van der Waals surface area contributed by atoms with Gasteiger partial charge in [-0.2, -0.15) is 17.9 Å². The van der Waals surface area contributed by atoms with E-state index in [4.69, 9.17) is 37.8 Å². The first kappa shape index (κ1) is 24.9. The summed E-state index contributed by atoms with van der Waals surface area (Å²) in [6.07, 6.45) is -3.74. The molecule has 0 saturated carbocycles. The molecule has 30 heavy (non-hydrogen) atoms. The highest BCUT2D eigenvalue weighted by Crippen LogP contribution is 2.29. The number of anilines is 1. The van der Waals surface area contributed by atoms with Crippen LogP contribution in [0.4, 0.5) is 19.0 Å². The molecule has 0 radical (unpaired) electrons. The van der Waals surface area contributed by atoms with Gasteiger partial charge in [0.2, 0.25) is 10.0 Å². The van der Waals surface area contributed by atoms with Crippen molar-refractivity contribution in [3.8, 4) is 0 Å². The van der Waals surface area contributed by atoms with E-state index in [-0.39, 0.29) is 21.7 Å². The maximum absolute atomic E-state index is 12.1. The largest absolute Gasteiger partial charge is 0.490 e. The highest BCUT2D eigenvalue weighted by molar-refractivity contribution is 7.89. The van der Waals surface area contributed by atoms with Gasteiger partial charge < -0.3 is 21.3 Å². The van der Waals surface area contributed by atoms with E-state index in [0.29, 0.717) is 10.8 Å². The lowest BCUT2D eigenvalue weighted by Gasteiger charge is -2.10. The molecule has 11 nitrogen and oxygen atoms in total. The Labute approximate surface area is 171 Å². The van der Waals surface area contributed by atoms with Crippen LogP contribution in [-0.2, 0) is 19.6 Å². The number of nitrogens with zero attached hydrogens (tertiary/aromatic N) is 1. The van der Waals surface area contributed by atoms with Crippen molar-refractivity contribution in [3.63, 3.8) is 0 Å². The Balaban J connectivity index is 0.000000553. The third kappa shape index (κ3) is 7.02. The van der Waals surface area contributed by atoms with E-state index in [2.05, 4.69) is 10.3 Å². The zero-order chi connectivity index (χ0) is 23.3. The lowest BCUT2D eigenvalue weighted by molar-refractivity contribution is -0.192. The Hall–Kier alpha value is -3.17. The van der Waals surface area contributed by atoms with Crippen molar-refractivity contribution in [1.82, 2.24) is 9.71 Å². The van der Waals surface area contributed by atoms with Crippen LogP contribution in [0.5, 0.6) is 0 Å². The predicted molar refractivity (Wildman–Crippen MR) is 98.8 cm³/mol. The maximum atomic E-state index is 12.1. The zero-order valence-electron chi connectivity index (χ0n) is 14.5. The van der Waals surface area contributed by atoms with E-state index < -0.39 is 34.7 Å². The number of alkyl halides is 3. The van der Waals surface area contributed by atoms with Crippen molar-refractivity contribution in [1.29, 1.82) is 5.41 Å². The van der Waals surface area contributed by atoms with Crippen molar-refractivity contribution < 1.29 is 41.4 Å². The molecule has 0 aliphatic carbocycles. The standard InChI is InChI=1S/C12H12ClN5O4S.C2HF3O2/c13-9-4-16-11(18-12(14)15)8-3-6(1-2-7(8)9)23(21,22)17-5-10(19)20;3-2(4,5)1(6)7/h1-4,17H,5H2,(H,19,20)(H4,14,15,16,18);(H,6,7). The summed E-state index contributed by atoms with van der Waals surface area (Å²) < 4.78 is 57.8. The first-order valence-electron chi connectivity index (χ1n) is 7.36. The molecule has 0 atom stereocenters. The number of carboxylic acid groups (broad SMARTS) is 2. The van der Waals surface area contributed by atoms with Crippen LogP contribution < -0.4 is 15.8 Å². The fraction of sp³-hybridized carbons (Fsp3) is 0.143. The van der Waals surface area contributed by atoms with E-state index in [1.165, 1.54) is 24.4 Å². The molecule has 0 spiro atoms. The summed E-state index contributed by atoms with van der Waals surface area (Å²) >= 11 is 6.02. The summed E-state index contributed by atoms with van der Waals surface area (Å²) in [5, 5.41) is 26.5. The Kier molecular flexibility index (Phi) is 7.92. The van der Waals surface area contributed by atoms with Crippen LogP contribution in [0.25, 0.3) is 10.8 Å². The molecular weight excluding hydrogens is 459 g/mol. The van der Waals surface area contributed by atoms with Gasteiger partial charge in [0, 0.05) is 17.0 Å². The number of pyridine rings is 1. The molecule has 0 fully saturated rings. The highest BCUT2D eigenvalue weighted by atomic mass is 35.5. The smallest absolute Gasteiger partial charge is 0.480 e. The number of sulfonamides is 1. The van der Waals surface area contributed by atoms with Gasteiger partial charge in [-0.05, 0) is 12.1 Å². The Morgan fingerprint density at radius 3 is 2.27 bits per heavy atom. The van der Waals surface area contributed by atoms with Crippen LogP contribution in [-0.4, -0.2) is 54.2 Å². The maximum Gasteiger partial charge on any atom is 0.490 e. The second-order valence-electron chi connectivity index (χ2n) is 5.22. The number of fused-ring (bicyclic) bond motifs is 1. The SMILES string of the molecule is N=C(N)Nc1ncc(Cl)c2ccc(S(=O)(=O)NCC(=O)O)cc12.O=C(O)C(F)(F)F. The molecule has 16 heteroatoms. The molecule has 1 aromatic heterocycles. The molecule has 1 heterocycles. The van der Waals surface area contributed by atoms with Crippen molar-refractivity contribution in [2.75, 3.05) is 11.9 Å². The third-order valence-electron chi connectivity index (χ3n) is 3.03. The summed E-state index contributed by atoms with van der Waals surface area (Å²) in [5.74, 6) is -4.28. The minimum atomic E-state index is -5.08. The van der Waals surface area contributed by atoms with Gasteiger partial charge in [-0.15, -0.1) is 0 Å². The number of hydrogen-bond acceptors (Lipinski definition) is 6. The Morgan fingerprint density at radius 2 is 1.80 bits per heavy atom. The number of carboxylic acids is 2. The van der Waals surface area contributed by atoms with Crippen LogP contribution >= 0.6 is 11.6 Å². The molecule has 0 unspecified atom stereocenters. The molecule has 0 aliphatic heterocycles. The number of aromatic nitrogens is 1. The summed E-state index contributed by atoms with van der Waals surface area (Å²) in [6, 6.07) is 4.01. The van der Waals surface area contributed by atoms with E-state index >= 15 is 0 Å². The highest BCUT2D eigenvalue weighted by Gasteiger charge is 2.38. The van der Waals surface area contributed by atoms with Gasteiger partial charge in [0.1, 0.15) is 12.4 Å². The fourth-order valence-corrected chi connectivity index (χ4v) is 3.04. The molecule has 2 rings (SSSR count). The number of hydrogen-bond donors (Lipinski definition) is 6. The average Bonchev–Trinajstić information content (AvgIpc) is 2.61. The molecule has 0 saturated heterocycles. The number of nitrogens with one attached hydrogen (secondary N) is 3. The summed E-state index contributed by atoms with van der Waals surface area (Å²) in [5.41, 5.74) is 5.26. The number of benzene rings is 1. The average molecular weight is 472 g/mol. The fourth-order valence-electron chi connectivity index (χ4n) is 1.82. The minimum Gasteiger partial charge on any atom is -0.480 e. The molecule has 2 aromatic rings. The summed E-state index contributed by atoms with van der Waals surface area (Å²) in [7, 11) is -4.02. The molecular formula is C14H13ClF3N5O6S. The molecule has 7 N–H and O–H groups in total. The number of aliphatic carboxylic acids is 2. The van der Waals surface area contributed by atoms with Gasteiger partial charge in [-0.1, -0.05) is 17.7 Å². The number of guanidine groups is 1. The molecule has 0 aliphatic rings. The number of halogens is 4. The normalized spacial score (nSPS) is 11.3. The Bertz CT molecular complexity index is 1090. The van der Waals surface area contributed by atoms with Gasteiger partial charge >= 0.3 is 18.1 Å². The monoisotopic (exact) mass is 471 g/mol. The third-order valence-corrected chi connectivity index (χ3v) is 4.73. The number of carbonyl (C=O) groups is 2. The van der Waals surface area contributed by atoms with Crippen LogP contribution in [0, 0.1) is 5.41 Å². The second-order valence-corrected chi connectivity index (χ2v) is 7.40. The van der Waals surface area contributed by atoms with Gasteiger partial charge in [0.15, 0.2) is 5.96 Å². The number of rotatable bonds is 5. The van der Waals surface area contributed by atoms with Crippen LogP contribution in [0.3, 0.4) is 0 Å². The number of nitrogens with two attached hydrogens (primary N) is 1. The van der Waals surface area contributed by atoms with E-state index in [1.807, 2.05) is 4.72 Å². The first-order chi connectivity index (χ1) is 13.6. The van der Waals surface area contributed by atoms with Crippen molar-refractivity contribution in [2.45, 2.75) is 11.1 Å². The minimum absolute atomic E-state index is 0.159. The van der Waals surface area contributed by atoms with Gasteiger partial charge in [0.25, 0.3) is 0 Å². The predicted octanol–water partition coefficient (Wildman–Crippen LogP) is 1.19. The van der Waals surface area contributed by atoms with Crippen molar-refractivity contribution >= 4 is 56.1 Å². The second kappa shape index (κ2) is 9.55. The van der Waals surface area contributed by atoms with Crippen molar-refractivity contribution in [2.24, 2.45) is 5.73 Å². The van der Waals surface area contributed by atoms with Gasteiger partial charge in [-0.25, -0.2) is 18.2 Å². The molecule has 0 amide bonds. The van der Waals surface area contributed by atoms with Gasteiger partial charge in [-0.3, -0.25) is 10.2 Å². The lowest BCUT2D eigenvalue weighted by atomic mass is 10.1. The molecule has 1 aromatic carbocycles. The zero-order valence-corrected chi connectivity index (χ0v) is 16.1. The quantitative estimate of drug-likeness (QED) is 0.274. The van der Waals surface area contributed by atoms with Gasteiger partial charge in [0.05, 0.1) is 9.92 Å². The van der Waals surface area contributed by atoms with Crippen LogP contribution in [0.2, 0.25) is 5.02 Å². The van der Waals surface area contributed by atoms with Crippen molar-refractivity contribution in [3.05, 3.63) is 29.4 Å². The van der Waals surface area contributed by atoms with E-state index in [0.717, 1.165) is 0 Å². The van der Waals surface area contributed by atoms with E-state index in [9.17, 15) is 26.4 Å². The first-order valence-corrected chi connectivity index (χ1v) is 9.22. The summed E-state index contributed by atoms with van der Waals surface area (Å²) in [6.45, 7) is -0.743. The summed E-state index contributed by atoms with van der Waals surface area (Å²) in [4.78, 5) is 23.2. The van der Waals surface area contributed by atoms with Crippen LogP contribution in [0.1, 0.15) is 0 Å².